The van der Waals surface area contributed by atoms with Crippen LogP contribution in [0.3, 0.4) is 0 Å². The summed E-state index contributed by atoms with van der Waals surface area (Å²) in [5.74, 6) is -0.605. The minimum absolute atomic E-state index is 0.0241. The summed E-state index contributed by atoms with van der Waals surface area (Å²) in [7, 11) is 3.09. The molecule has 1 amide bonds. The number of nitrogens with zero attached hydrogens (tertiary/aromatic N) is 2. The van der Waals surface area contributed by atoms with Gasteiger partial charge in [-0.15, -0.1) is 0 Å². The predicted octanol–water partition coefficient (Wildman–Crippen LogP) is 5.48. The molecule has 0 aliphatic carbocycles. The summed E-state index contributed by atoms with van der Waals surface area (Å²) in [6.45, 7) is 7.74. The number of hydrogen-bond donors (Lipinski definition) is 1. The van der Waals surface area contributed by atoms with Crippen molar-refractivity contribution in [3.8, 4) is 11.5 Å². The summed E-state index contributed by atoms with van der Waals surface area (Å²) in [5, 5.41) is 11.4. The highest BCUT2D eigenvalue weighted by molar-refractivity contribution is 6.52. The van der Waals surface area contributed by atoms with Crippen LogP contribution in [0.1, 0.15) is 36.6 Å². The molecular formula is C30H32N2O5. The van der Waals surface area contributed by atoms with Gasteiger partial charge in [0.1, 0.15) is 17.3 Å². The number of aliphatic hydroxyl groups is 1. The van der Waals surface area contributed by atoms with Crippen molar-refractivity contribution in [3.63, 3.8) is 0 Å². The van der Waals surface area contributed by atoms with Crippen LogP contribution in [0.25, 0.3) is 5.76 Å². The topological polar surface area (TPSA) is 79.3 Å². The van der Waals surface area contributed by atoms with E-state index in [2.05, 4.69) is 18.7 Å². The number of aryl methyl sites for hydroxylation is 1. The van der Waals surface area contributed by atoms with Gasteiger partial charge in [-0.25, -0.2) is 0 Å². The van der Waals surface area contributed by atoms with Gasteiger partial charge < -0.3 is 19.5 Å². The van der Waals surface area contributed by atoms with E-state index in [1.54, 1.807) is 49.6 Å². The number of ketones is 1. The van der Waals surface area contributed by atoms with E-state index >= 15 is 0 Å². The minimum Gasteiger partial charge on any atom is -0.507 e. The number of aliphatic hydroxyl groups excluding tert-OH is 1. The second-order valence-corrected chi connectivity index (χ2v) is 8.79. The first kappa shape index (κ1) is 25.8. The van der Waals surface area contributed by atoms with Crippen molar-refractivity contribution in [2.24, 2.45) is 0 Å². The number of rotatable bonds is 8. The SMILES string of the molecule is CCN(CC)c1ccc(C2/C(=C(/O)c3ccc(OC)c(C)c3)C(=O)C(=O)N2c2ccccc2OC)cc1. The number of methoxy groups -OCH3 is 2. The first-order valence-corrected chi connectivity index (χ1v) is 12.3. The monoisotopic (exact) mass is 500 g/mol. The molecule has 1 fully saturated rings. The van der Waals surface area contributed by atoms with Crippen molar-refractivity contribution in [1.29, 1.82) is 0 Å². The lowest BCUT2D eigenvalue weighted by molar-refractivity contribution is -0.132. The van der Waals surface area contributed by atoms with Gasteiger partial charge in [0, 0.05) is 24.3 Å². The fraction of sp³-hybridized carbons (Fsp3) is 0.267. The number of anilines is 2. The van der Waals surface area contributed by atoms with Crippen molar-refractivity contribution in [2.45, 2.75) is 26.8 Å². The maximum Gasteiger partial charge on any atom is 0.300 e. The zero-order valence-corrected chi connectivity index (χ0v) is 21.8. The molecule has 0 saturated carbocycles. The molecule has 0 radical (unpaired) electrons. The number of para-hydroxylation sites is 2. The smallest absolute Gasteiger partial charge is 0.300 e. The van der Waals surface area contributed by atoms with Gasteiger partial charge in [-0.05, 0) is 74.4 Å². The largest absolute Gasteiger partial charge is 0.507 e. The van der Waals surface area contributed by atoms with Crippen molar-refractivity contribution >= 4 is 28.8 Å². The second kappa shape index (κ2) is 10.8. The molecule has 4 rings (SSSR count). The molecular weight excluding hydrogens is 468 g/mol. The maximum absolute atomic E-state index is 13.5. The molecule has 7 heteroatoms. The van der Waals surface area contributed by atoms with E-state index in [0.717, 1.165) is 24.3 Å². The minimum atomic E-state index is -0.843. The molecule has 1 heterocycles. The summed E-state index contributed by atoms with van der Waals surface area (Å²) < 4.78 is 10.9. The molecule has 1 atom stereocenters. The number of carbonyl (C=O) groups is 2. The van der Waals surface area contributed by atoms with Crippen molar-refractivity contribution < 1.29 is 24.2 Å². The molecule has 37 heavy (non-hydrogen) atoms. The molecule has 1 N–H and O–H groups in total. The summed E-state index contributed by atoms with van der Waals surface area (Å²) in [6.07, 6.45) is 0. The second-order valence-electron chi connectivity index (χ2n) is 8.79. The number of amides is 1. The lowest BCUT2D eigenvalue weighted by Crippen LogP contribution is -2.30. The van der Waals surface area contributed by atoms with Gasteiger partial charge in [-0.2, -0.15) is 0 Å². The Morgan fingerprint density at radius 1 is 0.919 bits per heavy atom. The maximum atomic E-state index is 13.5. The highest BCUT2D eigenvalue weighted by Gasteiger charge is 2.47. The van der Waals surface area contributed by atoms with Crippen LogP contribution in [-0.2, 0) is 9.59 Å². The third kappa shape index (κ3) is 4.65. The van der Waals surface area contributed by atoms with Gasteiger partial charge in [-0.3, -0.25) is 14.5 Å². The molecule has 192 valence electrons. The van der Waals surface area contributed by atoms with Crippen LogP contribution in [0.4, 0.5) is 11.4 Å². The number of benzene rings is 3. The number of Topliss-reactive ketones (excluding diaryl/α,β-unsaturated/α-hetero) is 1. The van der Waals surface area contributed by atoms with Gasteiger partial charge in [0.15, 0.2) is 0 Å². The first-order valence-electron chi connectivity index (χ1n) is 12.3. The Morgan fingerprint density at radius 2 is 1.57 bits per heavy atom. The van der Waals surface area contributed by atoms with E-state index in [9.17, 15) is 14.7 Å². The van der Waals surface area contributed by atoms with Crippen molar-refractivity contribution in [2.75, 3.05) is 37.1 Å². The molecule has 1 aliphatic heterocycles. The molecule has 0 spiro atoms. The Hall–Kier alpha value is -4.26. The van der Waals surface area contributed by atoms with Crippen LogP contribution in [0, 0.1) is 6.92 Å². The molecule has 1 aliphatic rings. The van der Waals surface area contributed by atoms with Crippen LogP contribution in [0.2, 0.25) is 0 Å². The van der Waals surface area contributed by atoms with Gasteiger partial charge in [0.05, 0.1) is 31.5 Å². The fourth-order valence-corrected chi connectivity index (χ4v) is 4.86. The summed E-state index contributed by atoms with van der Waals surface area (Å²) >= 11 is 0. The van der Waals surface area contributed by atoms with E-state index in [-0.39, 0.29) is 11.3 Å². The number of ether oxygens (including phenoxy) is 2. The molecule has 3 aromatic carbocycles. The Labute approximate surface area is 217 Å². The van der Waals surface area contributed by atoms with Gasteiger partial charge in [-0.1, -0.05) is 24.3 Å². The predicted molar refractivity (Wildman–Crippen MR) is 146 cm³/mol. The molecule has 0 aromatic heterocycles. The summed E-state index contributed by atoms with van der Waals surface area (Å²) in [5.41, 5.74) is 3.44. The van der Waals surface area contributed by atoms with E-state index in [1.165, 1.54) is 12.0 Å². The van der Waals surface area contributed by atoms with Crippen LogP contribution in [-0.4, -0.2) is 44.1 Å². The van der Waals surface area contributed by atoms with Gasteiger partial charge in [0.25, 0.3) is 11.7 Å². The van der Waals surface area contributed by atoms with Crippen LogP contribution < -0.4 is 19.3 Å². The Balaban J connectivity index is 1.93. The van der Waals surface area contributed by atoms with Gasteiger partial charge in [0.2, 0.25) is 0 Å². The highest BCUT2D eigenvalue weighted by atomic mass is 16.5. The Kier molecular flexibility index (Phi) is 7.53. The van der Waals surface area contributed by atoms with E-state index in [1.807, 2.05) is 31.2 Å². The molecule has 1 saturated heterocycles. The quantitative estimate of drug-likeness (QED) is 0.251. The van der Waals surface area contributed by atoms with Crippen LogP contribution in [0.15, 0.2) is 72.3 Å². The normalized spacial score (nSPS) is 16.7. The van der Waals surface area contributed by atoms with E-state index in [4.69, 9.17) is 9.47 Å². The lowest BCUT2D eigenvalue weighted by atomic mass is 9.94. The Bertz CT molecular complexity index is 1340. The van der Waals surface area contributed by atoms with E-state index < -0.39 is 17.7 Å². The van der Waals surface area contributed by atoms with Crippen molar-refractivity contribution in [3.05, 3.63) is 89.0 Å². The number of carbonyl (C=O) groups excluding carboxylic acids is 2. The Morgan fingerprint density at radius 3 is 2.16 bits per heavy atom. The fourth-order valence-electron chi connectivity index (χ4n) is 4.86. The lowest BCUT2D eigenvalue weighted by Gasteiger charge is -2.27. The van der Waals surface area contributed by atoms with E-state index in [0.29, 0.717) is 28.3 Å². The summed E-state index contributed by atoms with van der Waals surface area (Å²) in [4.78, 5) is 30.6. The zero-order valence-electron chi connectivity index (χ0n) is 21.8. The third-order valence-electron chi connectivity index (χ3n) is 6.79. The standard InChI is InChI=1S/C30H32N2O5/c1-6-31(7-2)22-15-12-20(13-16-22)27-26(28(33)21-14-17-24(36-4)19(3)18-21)29(34)30(35)32(27)23-10-8-9-11-25(23)37-5/h8-18,27,33H,6-7H2,1-5H3/b28-26-. The number of hydrogen-bond acceptors (Lipinski definition) is 6. The van der Waals surface area contributed by atoms with Gasteiger partial charge >= 0.3 is 0 Å². The summed E-state index contributed by atoms with van der Waals surface area (Å²) in [6, 6.07) is 19.1. The van der Waals surface area contributed by atoms with Crippen molar-refractivity contribution in [1.82, 2.24) is 0 Å². The molecule has 0 bridgehead atoms. The highest BCUT2D eigenvalue weighted by Crippen LogP contribution is 2.45. The molecule has 7 nitrogen and oxygen atoms in total. The van der Waals surface area contributed by atoms with Crippen LogP contribution in [0.5, 0.6) is 11.5 Å². The van der Waals surface area contributed by atoms with Crippen LogP contribution >= 0.6 is 0 Å². The molecule has 1 unspecified atom stereocenters. The third-order valence-corrected chi connectivity index (χ3v) is 6.79. The first-order chi connectivity index (χ1) is 17.9. The average Bonchev–Trinajstić information content (AvgIpc) is 3.19. The zero-order chi connectivity index (χ0) is 26.7. The molecule has 3 aromatic rings. The average molecular weight is 501 g/mol.